The Kier molecular flexibility index (Phi) is 6.63. The molecular weight excluding hydrogens is 296 g/mol. The number of hydrogen-bond donors (Lipinski definition) is 0. The van der Waals surface area contributed by atoms with Crippen molar-refractivity contribution in [1.29, 1.82) is 0 Å². The van der Waals surface area contributed by atoms with Crippen molar-refractivity contribution in [3.63, 3.8) is 0 Å². The molecule has 2 unspecified atom stereocenters. The Bertz CT molecular complexity index is 354. The van der Waals surface area contributed by atoms with Crippen molar-refractivity contribution in [3.05, 3.63) is 12.7 Å². The van der Waals surface area contributed by atoms with Crippen LogP contribution in [0.2, 0.25) is 0 Å². The fourth-order valence-electron chi connectivity index (χ4n) is 3.00. The van der Waals surface area contributed by atoms with Gasteiger partial charge in [-0.3, -0.25) is 0 Å². The average molecular weight is 328 g/mol. The third-order valence-corrected chi connectivity index (χ3v) is 4.16. The van der Waals surface area contributed by atoms with E-state index in [1.54, 1.807) is 0 Å². The predicted octanol–water partition coefficient (Wildman–Crippen LogP) is 3.42. The first kappa shape index (κ1) is 18.9. The Labute approximate surface area is 140 Å². The number of unbranched alkanes of at least 4 members (excludes halogenated alkanes) is 3. The number of hydrogen-bond acceptors (Lipinski definition) is 5. The third kappa shape index (κ3) is 5.84. The molecule has 2 heterocycles. The van der Waals surface area contributed by atoms with E-state index in [4.69, 9.17) is 23.7 Å². The Morgan fingerprint density at radius 3 is 2.00 bits per heavy atom. The first-order valence-corrected chi connectivity index (χ1v) is 8.69. The zero-order chi connectivity index (χ0) is 16.9. The maximum Gasteiger partial charge on any atom is 0.163 e. The summed E-state index contributed by atoms with van der Waals surface area (Å²) >= 11 is 0. The molecule has 0 aliphatic carbocycles. The molecular formula is C18H32O5. The number of allylic oxidation sites excluding steroid dienone is 1. The Hall–Kier alpha value is -0.460. The molecule has 5 heteroatoms. The van der Waals surface area contributed by atoms with Gasteiger partial charge in [0.25, 0.3) is 0 Å². The van der Waals surface area contributed by atoms with Crippen LogP contribution < -0.4 is 0 Å². The molecule has 0 spiro atoms. The van der Waals surface area contributed by atoms with Gasteiger partial charge in [-0.05, 0) is 47.0 Å². The van der Waals surface area contributed by atoms with Crippen LogP contribution in [0.1, 0.15) is 53.4 Å². The van der Waals surface area contributed by atoms with Crippen molar-refractivity contribution in [1.82, 2.24) is 0 Å². The van der Waals surface area contributed by atoms with Gasteiger partial charge in [0, 0.05) is 6.61 Å². The summed E-state index contributed by atoms with van der Waals surface area (Å²) in [5, 5.41) is 0. The van der Waals surface area contributed by atoms with Crippen LogP contribution in [0.5, 0.6) is 0 Å². The first-order valence-electron chi connectivity index (χ1n) is 8.69. The molecule has 2 saturated heterocycles. The van der Waals surface area contributed by atoms with Crippen LogP contribution in [0.4, 0.5) is 0 Å². The molecule has 0 radical (unpaired) electrons. The van der Waals surface area contributed by atoms with E-state index in [9.17, 15) is 0 Å². The highest BCUT2D eigenvalue weighted by atomic mass is 16.8. The lowest BCUT2D eigenvalue weighted by molar-refractivity contribution is -0.188. The molecule has 0 aromatic heterocycles. The summed E-state index contributed by atoms with van der Waals surface area (Å²) in [6, 6.07) is 0. The summed E-state index contributed by atoms with van der Waals surface area (Å²) in [6.45, 7) is 13.2. The SMILES string of the molecule is C=CCCCCCOC(C1COC(C)(C)O1)C1COC(C)(C)O1. The highest BCUT2D eigenvalue weighted by Gasteiger charge is 2.46. The van der Waals surface area contributed by atoms with Gasteiger partial charge in [0.2, 0.25) is 0 Å². The summed E-state index contributed by atoms with van der Waals surface area (Å²) in [4.78, 5) is 0. The Morgan fingerprint density at radius 2 is 1.57 bits per heavy atom. The van der Waals surface area contributed by atoms with Gasteiger partial charge in [-0.2, -0.15) is 0 Å². The maximum atomic E-state index is 6.14. The molecule has 23 heavy (non-hydrogen) atoms. The summed E-state index contributed by atoms with van der Waals surface area (Å²) in [6.07, 6.45) is 5.92. The summed E-state index contributed by atoms with van der Waals surface area (Å²) < 4.78 is 29.5. The van der Waals surface area contributed by atoms with Crippen molar-refractivity contribution in [3.8, 4) is 0 Å². The van der Waals surface area contributed by atoms with Gasteiger partial charge in [0.15, 0.2) is 11.6 Å². The minimum absolute atomic E-state index is 0.124. The van der Waals surface area contributed by atoms with Gasteiger partial charge in [-0.1, -0.05) is 12.5 Å². The van der Waals surface area contributed by atoms with Crippen molar-refractivity contribution >= 4 is 0 Å². The summed E-state index contributed by atoms with van der Waals surface area (Å²) in [5.74, 6) is -1.13. The lowest BCUT2D eigenvalue weighted by Crippen LogP contribution is -2.44. The lowest BCUT2D eigenvalue weighted by atomic mass is 10.1. The second-order valence-corrected chi connectivity index (χ2v) is 7.21. The monoisotopic (exact) mass is 328 g/mol. The zero-order valence-electron chi connectivity index (χ0n) is 15.0. The average Bonchev–Trinajstić information content (AvgIpc) is 3.00. The molecule has 2 aliphatic heterocycles. The van der Waals surface area contributed by atoms with Gasteiger partial charge in [0.05, 0.1) is 13.2 Å². The van der Waals surface area contributed by atoms with Gasteiger partial charge >= 0.3 is 0 Å². The molecule has 0 saturated carbocycles. The number of rotatable bonds is 9. The van der Waals surface area contributed by atoms with Gasteiger partial charge in [-0.25, -0.2) is 0 Å². The van der Waals surface area contributed by atoms with E-state index in [2.05, 4.69) is 6.58 Å². The van der Waals surface area contributed by atoms with Crippen molar-refractivity contribution in [2.24, 2.45) is 0 Å². The molecule has 2 fully saturated rings. The van der Waals surface area contributed by atoms with Crippen molar-refractivity contribution in [2.75, 3.05) is 19.8 Å². The first-order chi connectivity index (χ1) is 10.8. The summed E-state index contributed by atoms with van der Waals surface area (Å²) in [5.41, 5.74) is 0. The predicted molar refractivity (Wildman–Crippen MR) is 88.2 cm³/mol. The Morgan fingerprint density at radius 1 is 1.00 bits per heavy atom. The van der Waals surface area contributed by atoms with Crippen LogP contribution in [0.15, 0.2) is 12.7 Å². The van der Waals surface area contributed by atoms with Gasteiger partial charge in [-0.15, -0.1) is 6.58 Å². The molecule has 134 valence electrons. The normalized spacial score (nSPS) is 30.4. The van der Waals surface area contributed by atoms with Crippen molar-refractivity contribution < 1.29 is 23.7 Å². The quantitative estimate of drug-likeness (QED) is 0.479. The van der Waals surface area contributed by atoms with Crippen molar-refractivity contribution in [2.45, 2.75) is 83.3 Å². The molecule has 2 atom stereocenters. The van der Waals surface area contributed by atoms with E-state index < -0.39 is 11.6 Å². The van der Waals surface area contributed by atoms with E-state index in [0.717, 1.165) is 25.7 Å². The van der Waals surface area contributed by atoms with E-state index >= 15 is 0 Å². The molecule has 2 aliphatic rings. The highest BCUT2D eigenvalue weighted by Crippen LogP contribution is 2.32. The van der Waals surface area contributed by atoms with E-state index in [-0.39, 0.29) is 18.3 Å². The topological polar surface area (TPSA) is 46.2 Å². The molecule has 0 bridgehead atoms. The molecule has 5 nitrogen and oxygen atoms in total. The second-order valence-electron chi connectivity index (χ2n) is 7.21. The minimum atomic E-state index is -0.564. The molecule has 0 aromatic rings. The standard InChI is InChI=1S/C18H32O5/c1-6-7-8-9-10-11-19-16(14-12-20-17(2,3)22-14)15-13-21-18(4,5)23-15/h6,14-16H,1,7-13H2,2-5H3. The van der Waals surface area contributed by atoms with Crippen LogP contribution in [0.25, 0.3) is 0 Å². The molecule has 0 amide bonds. The van der Waals surface area contributed by atoms with Gasteiger partial charge < -0.3 is 23.7 Å². The molecule has 0 aromatic carbocycles. The molecule has 2 rings (SSSR count). The van der Waals surface area contributed by atoms with E-state index in [0.29, 0.717) is 19.8 Å². The number of ether oxygens (including phenoxy) is 5. The molecule has 0 N–H and O–H groups in total. The third-order valence-electron chi connectivity index (χ3n) is 4.16. The van der Waals surface area contributed by atoms with E-state index in [1.165, 1.54) is 0 Å². The van der Waals surface area contributed by atoms with Crippen LogP contribution in [0, 0.1) is 0 Å². The summed E-state index contributed by atoms with van der Waals surface area (Å²) in [7, 11) is 0. The second kappa shape index (κ2) is 8.08. The maximum absolute atomic E-state index is 6.14. The highest BCUT2D eigenvalue weighted by molar-refractivity contribution is 4.88. The minimum Gasteiger partial charge on any atom is -0.373 e. The van der Waals surface area contributed by atoms with Crippen LogP contribution in [-0.4, -0.2) is 49.7 Å². The van der Waals surface area contributed by atoms with Crippen LogP contribution in [0.3, 0.4) is 0 Å². The van der Waals surface area contributed by atoms with E-state index in [1.807, 2.05) is 33.8 Å². The smallest absolute Gasteiger partial charge is 0.163 e. The van der Waals surface area contributed by atoms with Crippen LogP contribution in [-0.2, 0) is 23.7 Å². The largest absolute Gasteiger partial charge is 0.373 e. The van der Waals surface area contributed by atoms with Gasteiger partial charge in [0.1, 0.15) is 18.3 Å². The zero-order valence-corrected chi connectivity index (χ0v) is 15.0. The lowest BCUT2D eigenvalue weighted by Gasteiger charge is -2.29. The fraction of sp³-hybridized carbons (Fsp3) is 0.889. The fourth-order valence-corrected chi connectivity index (χ4v) is 3.00. The Balaban J connectivity index is 1.86. The van der Waals surface area contributed by atoms with Crippen LogP contribution >= 0.6 is 0 Å².